The van der Waals surface area contributed by atoms with E-state index in [0.717, 1.165) is 43.3 Å². The van der Waals surface area contributed by atoms with Crippen LogP contribution < -0.4 is 10.6 Å². The van der Waals surface area contributed by atoms with Gasteiger partial charge in [-0.15, -0.1) is 0 Å². The van der Waals surface area contributed by atoms with Gasteiger partial charge in [-0.1, -0.05) is 6.92 Å². The molecule has 1 unspecified atom stereocenters. The largest absolute Gasteiger partial charge is 0.344 e. The van der Waals surface area contributed by atoms with Crippen LogP contribution in [0.1, 0.15) is 44.9 Å². The highest BCUT2D eigenvalue weighted by Gasteiger charge is 2.24. The Morgan fingerprint density at radius 2 is 2.35 bits per heavy atom. The van der Waals surface area contributed by atoms with Crippen LogP contribution in [0.5, 0.6) is 0 Å². The normalized spacial score (nSPS) is 20.8. The van der Waals surface area contributed by atoms with Crippen LogP contribution in [-0.4, -0.2) is 28.5 Å². The number of nitrogens with zero attached hydrogens (tertiary/aromatic N) is 3. The van der Waals surface area contributed by atoms with Crippen molar-refractivity contribution in [3.8, 4) is 0 Å². The molecule has 1 aliphatic rings. The molecule has 4 nitrogen and oxygen atoms in total. The summed E-state index contributed by atoms with van der Waals surface area (Å²) in [6.45, 7) is 4.05. The Labute approximate surface area is 107 Å². The Hall–Kier alpha value is -0.680. The van der Waals surface area contributed by atoms with Gasteiger partial charge in [-0.25, -0.2) is 4.98 Å². The highest BCUT2D eigenvalue weighted by atomic mass is 32.1. The molecule has 5 heteroatoms. The Morgan fingerprint density at radius 1 is 1.47 bits per heavy atom. The highest BCUT2D eigenvalue weighted by Crippen LogP contribution is 2.27. The van der Waals surface area contributed by atoms with Crippen molar-refractivity contribution in [1.29, 1.82) is 0 Å². The second kappa shape index (κ2) is 6.31. The molecule has 0 radical (unpaired) electrons. The lowest BCUT2D eigenvalue weighted by atomic mass is 10.0. The number of anilines is 1. The molecule has 1 aromatic rings. The van der Waals surface area contributed by atoms with Crippen molar-refractivity contribution in [1.82, 2.24) is 9.36 Å². The van der Waals surface area contributed by atoms with Gasteiger partial charge in [-0.3, -0.25) is 0 Å². The van der Waals surface area contributed by atoms with Crippen molar-refractivity contribution in [2.24, 2.45) is 5.73 Å². The van der Waals surface area contributed by atoms with E-state index < -0.39 is 0 Å². The van der Waals surface area contributed by atoms with Crippen LogP contribution in [-0.2, 0) is 6.42 Å². The first-order valence-corrected chi connectivity index (χ1v) is 7.41. The number of aryl methyl sites for hydroxylation is 1. The van der Waals surface area contributed by atoms with Crippen molar-refractivity contribution in [3.63, 3.8) is 0 Å². The molecule has 1 fully saturated rings. The number of piperidine rings is 1. The van der Waals surface area contributed by atoms with Crippen LogP contribution in [0.25, 0.3) is 0 Å². The van der Waals surface area contributed by atoms with Crippen LogP contribution in [0.15, 0.2) is 0 Å². The number of nitrogens with two attached hydrogens (primary N) is 1. The summed E-state index contributed by atoms with van der Waals surface area (Å²) in [5.74, 6) is 1.00. The van der Waals surface area contributed by atoms with Gasteiger partial charge < -0.3 is 10.6 Å². The summed E-state index contributed by atoms with van der Waals surface area (Å²) in [7, 11) is 0. The van der Waals surface area contributed by atoms with E-state index in [4.69, 9.17) is 5.73 Å². The second-order valence-corrected chi connectivity index (χ2v) is 5.39. The van der Waals surface area contributed by atoms with E-state index in [1.165, 1.54) is 19.3 Å². The quantitative estimate of drug-likeness (QED) is 0.875. The lowest BCUT2D eigenvalue weighted by molar-refractivity contribution is 0.441. The Bertz CT molecular complexity index is 337. The summed E-state index contributed by atoms with van der Waals surface area (Å²) < 4.78 is 4.43. The third-order valence-corrected chi connectivity index (χ3v) is 4.09. The molecule has 0 aliphatic carbocycles. The Kier molecular flexibility index (Phi) is 4.74. The molecular formula is C12H22N4S. The molecule has 2 N–H and O–H groups in total. The third-order valence-electron chi connectivity index (χ3n) is 3.30. The molecule has 0 saturated carbocycles. The smallest absolute Gasteiger partial charge is 0.205 e. The number of aromatic nitrogens is 2. The van der Waals surface area contributed by atoms with Crippen LogP contribution in [0.2, 0.25) is 0 Å². The first-order chi connectivity index (χ1) is 8.35. The highest BCUT2D eigenvalue weighted by molar-refractivity contribution is 7.09. The van der Waals surface area contributed by atoms with Crippen molar-refractivity contribution in [2.45, 2.75) is 51.5 Å². The maximum absolute atomic E-state index is 5.69. The monoisotopic (exact) mass is 254 g/mol. The second-order valence-electron chi connectivity index (χ2n) is 4.66. The lowest BCUT2D eigenvalue weighted by Gasteiger charge is -2.35. The summed E-state index contributed by atoms with van der Waals surface area (Å²) in [6, 6.07) is 0.580. The van der Waals surface area contributed by atoms with Gasteiger partial charge in [0.1, 0.15) is 5.82 Å². The average Bonchev–Trinajstić information content (AvgIpc) is 2.79. The van der Waals surface area contributed by atoms with Crippen molar-refractivity contribution < 1.29 is 0 Å². The molecule has 2 rings (SSSR count). The zero-order valence-electron chi connectivity index (χ0n) is 10.6. The third kappa shape index (κ3) is 3.16. The topological polar surface area (TPSA) is 55.0 Å². The first-order valence-electron chi connectivity index (χ1n) is 6.64. The minimum Gasteiger partial charge on any atom is -0.344 e. The molecular weight excluding hydrogens is 232 g/mol. The number of rotatable bonds is 5. The predicted molar refractivity (Wildman–Crippen MR) is 72.6 cm³/mol. The van der Waals surface area contributed by atoms with E-state index >= 15 is 0 Å². The molecule has 96 valence electrons. The molecule has 0 spiro atoms. The molecule has 1 saturated heterocycles. The van der Waals surface area contributed by atoms with Crippen LogP contribution >= 0.6 is 11.5 Å². The zero-order chi connectivity index (χ0) is 12.1. The average molecular weight is 254 g/mol. The van der Waals surface area contributed by atoms with E-state index in [2.05, 4.69) is 21.2 Å². The summed E-state index contributed by atoms with van der Waals surface area (Å²) in [4.78, 5) is 7.07. The fourth-order valence-electron chi connectivity index (χ4n) is 2.43. The van der Waals surface area contributed by atoms with Crippen LogP contribution in [0, 0.1) is 0 Å². The molecule has 1 atom stereocenters. The Balaban J connectivity index is 2.06. The minimum atomic E-state index is 0.580. The first kappa shape index (κ1) is 12.8. The molecule has 2 heterocycles. The van der Waals surface area contributed by atoms with E-state index in [-0.39, 0.29) is 0 Å². The molecule has 0 aromatic carbocycles. The molecule has 0 bridgehead atoms. The van der Waals surface area contributed by atoms with Crippen molar-refractivity contribution in [3.05, 3.63) is 5.82 Å². The summed E-state index contributed by atoms with van der Waals surface area (Å²) in [6.07, 6.45) is 7.02. The van der Waals surface area contributed by atoms with Gasteiger partial charge >= 0.3 is 0 Å². The van der Waals surface area contributed by atoms with Crippen LogP contribution in [0.3, 0.4) is 0 Å². The van der Waals surface area contributed by atoms with E-state index in [1.807, 2.05) is 0 Å². The van der Waals surface area contributed by atoms with E-state index in [9.17, 15) is 0 Å². The van der Waals surface area contributed by atoms with Gasteiger partial charge in [0, 0.05) is 30.5 Å². The van der Waals surface area contributed by atoms with Gasteiger partial charge in [0.15, 0.2) is 0 Å². The van der Waals surface area contributed by atoms with Gasteiger partial charge in [0.25, 0.3) is 0 Å². The SMILES string of the molecule is CCCc1nsc(N2CCCCC2CCN)n1. The maximum Gasteiger partial charge on any atom is 0.205 e. The van der Waals surface area contributed by atoms with Crippen molar-refractivity contribution >= 4 is 16.7 Å². The van der Waals surface area contributed by atoms with Gasteiger partial charge in [-0.05, 0) is 38.6 Å². The summed E-state index contributed by atoms with van der Waals surface area (Å²) in [5, 5.41) is 1.10. The maximum atomic E-state index is 5.69. The van der Waals surface area contributed by atoms with Crippen LogP contribution in [0.4, 0.5) is 5.13 Å². The molecule has 1 aliphatic heterocycles. The number of hydrogen-bond acceptors (Lipinski definition) is 5. The van der Waals surface area contributed by atoms with Crippen molar-refractivity contribution in [2.75, 3.05) is 18.0 Å². The lowest BCUT2D eigenvalue weighted by Crippen LogP contribution is -2.40. The summed E-state index contributed by atoms with van der Waals surface area (Å²) >= 11 is 1.55. The summed E-state index contributed by atoms with van der Waals surface area (Å²) in [5.41, 5.74) is 5.69. The molecule has 0 amide bonds. The molecule has 1 aromatic heterocycles. The van der Waals surface area contributed by atoms with Gasteiger partial charge in [-0.2, -0.15) is 4.37 Å². The minimum absolute atomic E-state index is 0.580. The fraction of sp³-hybridized carbons (Fsp3) is 0.833. The Morgan fingerprint density at radius 3 is 3.12 bits per heavy atom. The standard InChI is InChI=1S/C12H22N4S/c1-2-5-11-14-12(17-15-11)16-9-4-3-6-10(16)7-8-13/h10H,2-9,13H2,1H3. The number of hydrogen-bond donors (Lipinski definition) is 1. The zero-order valence-corrected chi connectivity index (χ0v) is 11.4. The van der Waals surface area contributed by atoms with Gasteiger partial charge in [0.2, 0.25) is 5.13 Å². The predicted octanol–water partition coefficient (Wildman–Crippen LogP) is 2.20. The fourth-order valence-corrected chi connectivity index (χ4v) is 3.24. The van der Waals surface area contributed by atoms with E-state index in [0.29, 0.717) is 6.04 Å². The van der Waals surface area contributed by atoms with E-state index in [1.54, 1.807) is 11.5 Å². The van der Waals surface area contributed by atoms with Gasteiger partial charge in [0.05, 0.1) is 0 Å². The molecule has 17 heavy (non-hydrogen) atoms.